The lowest BCUT2D eigenvalue weighted by Gasteiger charge is -2.08. The van der Waals surface area contributed by atoms with Crippen molar-refractivity contribution in [2.45, 2.75) is 6.92 Å². The van der Waals surface area contributed by atoms with E-state index >= 15 is 0 Å². The number of hydrogen-bond donors (Lipinski definition) is 4. The van der Waals surface area contributed by atoms with Crippen LogP contribution in [0.4, 0.5) is 17.1 Å². The van der Waals surface area contributed by atoms with Crippen molar-refractivity contribution in [3.8, 4) is 0 Å². The highest BCUT2D eigenvalue weighted by Crippen LogP contribution is 2.18. The van der Waals surface area contributed by atoms with Gasteiger partial charge in [-0.15, -0.1) is 0 Å². The fourth-order valence-electron chi connectivity index (χ4n) is 1.13. The van der Waals surface area contributed by atoms with Gasteiger partial charge in [0.15, 0.2) is 0 Å². The van der Waals surface area contributed by atoms with Gasteiger partial charge < -0.3 is 22.1 Å². The second kappa shape index (κ2) is 5.09. The number of amides is 1. The van der Waals surface area contributed by atoms with Gasteiger partial charge in [0.2, 0.25) is 5.91 Å². The highest BCUT2D eigenvalue weighted by Gasteiger charge is 1.96. The number of hydrogen-bond acceptors (Lipinski definition) is 4. The van der Waals surface area contributed by atoms with Crippen LogP contribution >= 0.6 is 0 Å². The van der Waals surface area contributed by atoms with E-state index in [2.05, 4.69) is 10.6 Å². The summed E-state index contributed by atoms with van der Waals surface area (Å²) in [5.41, 5.74) is 13.2. The van der Waals surface area contributed by atoms with Gasteiger partial charge in [-0.1, -0.05) is 0 Å². The van der Waals surface area contributed by atoms with E-state index in [0.29, 0.717) is 24.5 Å². The van der Waals surface area contributed by atoms with Gasteiger partial charge >= 0.3 is 0 Å². The summed E-state index contributed by atoms with van der Waals surface area (Å²) >= 11 is 0. The SMILES string of the molecule is CC(=O)NCCNc1ccc(N)c(N)c1. The van der Waals surface area contributed by atoms with Crippen molar-refractivity contribution in [3.05, 3.63) is 18.2 Å². The highest BCUT2D eigenvalue weighted by atomic mass is 16.1. The Bertz CT molecular complexity index is 351. The van der Waals surface area contributed by atoms with E-state index in [1.165, 1.54) is 6.92 Å². The molecule has 0 saturated heterocycles. The van der Waals surface area contributed by atoms with Crippen molar-refractivity contribution in [2.75, 3.05) is 29.9 Å². The number of benzene rings is 1. The molecule has 0 aliphatic rings. The maximum absolute atomic E-state index is 10.6. The molecule has 0 fully saturated rings. The maximum atomic E-state index is 10.6. The summed E-state index contributed by atoms with van der Waals surface area (Å²) in [5.74, 6) is -0.0337. The first-order valence-corrected chi connectivity index (χ1v) is 4.73. The Labute approximate surface area is 88.8 Å². The molecule has 0 heterocycles. The summed E-state index contributed by atoms with van der Waals surface area (Å²) < 4.78 is 0. The monoisotopic (exact) mass is 208 g/mol. The average Bonchev–Trinajstić information content (AvgIpc) is 2.18. The van der Waals surface area contributed by atoms with Crippen molar-refractivity contribution in [1.82, 2.24) is 5.32 Å². The minimum atomic E-state index is -0.0337. The lowest BCUT2D eigenvalue weighted by atomic mass is 10.2. The third-order valence-corrected chi connectivity index (χ3v) is 1.91. The van der Waals surface area contributed by atoms with Crippen LogP contribution in [0.25, 0.3) is 0 Å². The van der Waals surface area contributed by atoms with Gasteiger partial charge in [0, 0.05) is 25.7 Å². The van der Waals surface area contributed by atoms with Gasteiger partial charge in [0.05, 0.1) is 11.4 Å². The number of rotatable bonds is 4. The quantitative estimate of drug-likeness (QED) is 0.425. The van der Waals surface area contributed by atoms with E-state index in [9.17, 15) is 4.79 Å². The second-order valence-corrected chi connectivity index (χ2v) is 3.25. The molecular formula is C10H16N4O. The molecule has 0 atom stereocenters. The van der Waals surface area contributed by atoms with E-state index in [4.69, 9.17) is 11.5 Å². The molecule has 5 nitrogen and oxygen atoms in total. The Kier molecular flexibility index (Phi) is 3.79. The predicted molar refractivity (Wildman–Crippen MR) is 62.4 cm³/mol. The van der Waals surface area contributed by atoms with E-state index in [1.807, 2.05) is 6.07 Å². The summed E-state index contributed by atoms with van der Waals surface area (Å²) in [6.07, 6.45) is 0. The van der Waals surface area contributed by atoms with E-state index in [-0.39, 0.29) is 5.91 Å². The minimum absolute atomic E-state index is 0.0337. The van der Waals surface area contributed by atoms with Gasteiger partial charge in [0.1, 0.15) is 0 Å². The molecule has 5 heteroatoms. The Morgan fingerprint density at radius 3 is 2.60 bits per heavy atom. The van der Waals surface area contributed by atoms with Crippen molar-refractivity contribution in [2.24, 2.45) is 0 Å². The molecule has 0 bridgehead atoms. The molecule has 1 aromatic carbocycles. The molecule has 0 saturated carbocycles. The molecule has 1 aromatic rings. The lowest BCUT2D eigenvalue weighted by molar-refractivity contribution is -0.118. The van der Waals surface area contributed by atoms with Crippen molar-refractivity contribution >= 4 is 23.0 Å². The molecule has 0 aromatic heterocycles. The van der Waals surface area contributed by atoms with Crippen molar-refractivity contribution in [1.29, 1.82) is 0 Å². The molecule has 0 radical (unpaired) electrons. The van der Waals surface area contributed by atoms with E-state index < -0.39 is 0 Å². The third-order valence-electron chi connectivity index (χ3n) is 1.91. The van der Waals surface area contributed by atoms with Crippen LogP contribution in [0.15, 0.2) is 18.2 Å². The highest BCUT2D eigenvalue weighted by molar-refractivity contribution is 5.73. The first-order valence-electron chi connectivity index (χ1n) is 4.73. The minimum Gasteiger partial charge on any atom is -0.397 e. The van der Waals surface area contributed by atoms with Crippen molar-refractivity contribution in [3.63, 3.8) is 0 Å². The van der Waals surface area contributed by atoms with Gasteiger partial charge in [-0.05, 0) is 18.2 Å². The van der Waals surface area contributed by atoms with Crippen LogP contribution in [0.5, 0.6) is 0 Å². The zero-order valence-corrected chi connectivity index (χ0v) is 8.71. The summed E-state index contributed by atoms with van der Waals surface area (Å²) in [6, 6.07) is 5.36. The van der Waals surface area contributed by atoms with Crippen LogP contribution in [0.1, 0.15) is 6.92 Å². The molecule has 82 valence electrons. The van der Waals surface area contributed by atoms with Crippen LogP contribution in [0.2, 0.25) is 0 Å². The Morgan fingerprint density at radius 1 is 1.27 bits per heavy atom. The Balaban J connectivity index is 2.38. The van der Waals surface area contributed by atoms with Gasteiger partial charge in [-0.3, -0.25) is 4.79 Å². The predicted octanol–water partition coefficient (Wildman–Crippen LogP) is 0.399. The number of nitrogens with one attached hydrogen (secondary N) is 2. The zero-order chi connectivity index (χ0) is 11.3. The fourth-order valence-corrected chi connectivity index (χ4v) is 1.13. The number of anilines is 3. The summed E-state index contributed by atoms with van der Waals surface area (Å²) in [6.45, 7) is 2.73. The molecule has 0 unspecified atom stereocenters. The zero-order valence-electron chi connectivity index (χ0n) is 8.71. The normalized spacial score (nSPS) is 9.67. The molecule has 6 N–H and O–H groups in total. The summed E-state index contributed by atoms with van der Waals surface area (Å²) in [7, 11) is 0. The fraction of sp³-hybridized carbons (Fsp3) is 0.300. The van der Waals surface area contributed by atoms with Crippen molar-refractivity contribution < 1.29 is 4.79 Å². The topological polar surface area (TPSA) is 93.2 Å². The van der Waals surface area contributed by atoms with E-state index in [0.717, 1.165) is 5.69 Å². The van der Waals surface area contributed by atoms with Gasteiger partial charge in [-0.2, -0.15) is 0 Å². The maximum Gasteiger partial charge on any atom is 0.216 e. The Morgan fingerprint density at radius 2 is 2.00 bits per heavy atom. The van der Waals surface area contributed by atoms with Gasteiger partial charge in [0.25, 0.3) is 0 Å². The third kappa shape index (κ3) is 3.76. The molecule has 0 aliphatic carbocycles. The number of nitrogen functional groups attached to an aromatic ring is 2. The second-order valence-electron chi connectivity index (χ2n) is 3.25. The molecule has 15 heavy (non-hydrogen) atoms. The number of carbonyl (C=O) groups excluding carboxylic acids is 1. The molecular weight excluding hydrogens is 192 g/mol. The largest absolute Gasteiger partial charge is 0.397 e. The van der Waals surface area contributed by atoms with Gasteiger partial charge in [-0.25, -0.2) is 0 Å². The standard InChI is InChI=1S/C10H16N4O/c1-7(15)13-4-5-14-8-2-3-9(11)10(12)6-8/h2-3,6,14H,4-5,11-12H2,1H3,(H,13,15). The number of carbonyl (C=O) groups is 1. The number of nitrogens with two attached hydrogens (primary N) is 2. The van der Waals surface area contributed by atoms with Crippen LogP contribution in [0, 0.1) is 0 Å². The van der Waals surface area contributed by atoms with Crippen LogP contribution in [-0.4, -0.2) is 19.0 Å². The molecule has 1 amide bonds. The Hall–Kier alpha value is -1.91. The lowest BCUT2D eigenvalue weighted by Crippen LogP contribution is -2.26. The van der Waals surface area contributed by atoms with Crippen LogP contribution in [0.3, 0.4) is 0 Å². The first kappa shape index (κ1) is 11.2. The molecule has 0 spiro atoms. The molecule has 0 aliphatic heterocycles. The molecule has 1 rings (SSSR count). The average molecular weight is 208 g/mol. The summed E-state index contributed by atoms with van der Waals surface area (Å²) in [5, 5.41) is 5.80. The summed E-state index contributed by atoms with van der Waals surface area (Å²) in [4.78, 5) is 10.6. The van der Waals surface area contributed by atoms with Crippen LogP contribution in [-0.2, 0) is 4.79 Å². The first-order chi connectivity index (χ1) is 7.09. The smallest absolute Gasteiger partial charge is 0.216 e. The van der Waals surface area contributed by atoms with Crippen LogP contribution < -0.4 is 22.1 Å². The van der Waals surface area contributed by atoms with E-state index in [1.54, 1.807) is 12.1 Å².